The van der Waals surface area contributed by atoms with E-state index >= 15 is 0 Å². The molecule has 0 bridgehead atoms. The summed E-state index contributed by atoms with van der Waals surface area (Å²) in [4.78, 5) is 2.43. The molecule has 0 N–H and O–H groups in total. The van der Waals surface area contributed by atoms with Gasteiger partial charge in [-0.05, 0) is 58.8 Å². The molecule has 0 aliphatic carbocycles. The highest BCUT2D eigenvalue weighted by molar-refractivity contribution is 9.10. The maximum absolute atomic E-state index is 8.89. The summed E-state index contributed by atoms with van der Waals surface area (Å²) in [7, 11) is 0. The molecule has 3 heteroatoms. The number of halogens is 1. The standard InChI is InChI=1S/C15H19BrN2/c1-15(2)6-3-8-18(9-7-15)14-5-4-12(11-17)10-13(14)16/h4-5,10H,3,6-9H2,1-2H3. The molecule has 1 aromatic rings. The van der Waals surface area contributed by atoms with Crippen LogP contribution in [-0.2, 0) is 0 Å². The Morgan fingerprint density at radius 2 is 2.06 bits per heavy atom. The van der Waals surface area contributed by atoms with Crippen LogP contribution in [0.3, 0.4) is 0 Å². The third kappa shape index (κ3) is 3.05. The molecule has 1 aliphatic heterocycles. The van der Waals surface area contributed by atoms with Gasteiger partial charge >= 0.3 is 0 Å². The molecule has 0 saturated carbocycles. The molecule has 0 unspecified atom stereocenters. The molecule has 96 valence electrons. The van der Waals surface area contributed by atoms with Crippen LogP contribution >= 0.6 is 15.9 Å². The van der Waals surface area contributed by atoms with Gasteiger partial charge in [0.25, 0.3) is 0 Å². The van der Waals surface area contributed by atoms with E-state index in [0.717, 1.165) is 17.6 Å². The summed E-state index contributed by atoms with van der Waals surface area (Å²) in [6.07, 6.45) is 3.75. The van der Waals surface area contributed by atoms with Crippen molar-refractivity contribution in [2.75, 3.05) is 18.0 Å². The fraction of sp³-hybridized carbons (Fsp3) is 0.533. The molecule has 0 amide bonds. The average molecular weight is 307 g/mol. The summed E-state index contributed by atoms with van der Waals surface area (Å²) in [5, 5.41) is 8.89. The third-order valence-electron chi connectivity index (χ3n) is 3.76. The van der Waals surface area contributed by atoms with Crippen LogP contribution in [0.25, 0.3) is 0 Å². The molecule has 1 saturated heterocycles. The van der Waals surface area contributed by atoms with E-state index in [2.05, 4.69) is 46.8 Å². The fourth-order valence-corrected chi connectivity index (χ4v) is 3.13. The van der Waals surface area contributed by atoms with Crippen LogP contribution in [0, 0.1) is 16.7 Å². The Morgan fingerprint density at radius 1 is 1.28 bits per heavy atom. The van der Waals surface area contributed by atoms with Crippen LogP contribution in [0.2, 0.25) is 0 Å². The summed E-state index contributed by atoms with van der Waals surface area (Å²) in [5.74, 6) is 0. The smallest absolute Gasteiger partial charge is 0.0992 e. The number of anilines is 1. The third-order valence-corrected chi connectivity index (χ3v) is 4.39. The number of rotatable bonds is 1. The molecule has 18 heavy (non-hydrogen) atoms. The van der Waals surface area contributed by atoms with Crippen molar-refractivity contribution in [2.45, 2.75) is 33.1 Å². The number of hydrogen-bond acceptors (Lipinski definition) is 2. The molecular weight excluding hydrogens is 288 g/mol. The predicted molar refractivity (Wildman–Crippen MR) is 78.7 cm³/mol. The van der Waals surface area contributed by atoms with Gasteiger partial charge < -0.3 is 4.90 Å². The first-order chi connectivity index (χ1) is 8.52. The lowest BCUT2D eigenvalue weighted by molar-refractivity contribution is 0.325. The summed E-state index contributed by atoms with van der Waals surface area (Å²) in [6, 6.07) is 8.04. The van der Waals surface area contributed by atoms with E-state index in [1.807, 2.05) is 12.1 Å². The number of benzene rings is 1. The molecule has 1 heterocycles. The van der Waals surface area contributed by atoms with Gasteiger partial charge in [0, 0.05) is 17.6 Å². The summed E-state index contributed by atoms with van der Waals surface area (Å²) in [6.45, 7) is 6.90. The van der Waals surface area contributed by atoms with Gasteiger partial charge in [0.1, 0.15) is 0 Å². The van der Waals surface area contributed by atoms with Crippen molar-refractivity contribution in [1.29, 1.82) is 5.26 Å². The molecule has 1 aliphatic rings. The molecule has 0 spiro atoms. The van der Waals surface area contributed by atoms with Crippen LogP contribution in [0.15, 0.2) is 22.7 Å². The van der Waals surface area contributed by atoms with Crippen molar-refractivity contribution < 1.29 is 0 Å². The van der Waals surface area contributed by atoms with Gasteiger partial charge in [0.05, 0.1) is 17.3 Å². The second kappa shape index (κ2) is 5.32. The molecule has 1 aromatic carbocycles. The Kier molecular flexibility index (Phi) is 3.97. The maximum atomic E-state index is 8.89. The van der Waals surface area contributed by atoms with Crippen LogP contribution in [-0.4, -0.2) is 13.1 Å². The molecule has 0 atom stereocenters. The minimum Gasteiger partial charge on any atom is -0.371 e. The Morgan fingerprint density at radius 3 is 2.72 bits per heavy atom. The molecular formula is C15H19BrN2. The monoisotopic (exact) mass is 306 g/mol. The van der Waals surface area contributed by atoms with Crippen molar-refractivity contribution >= 4 is 21.6 Å². The summed E-state index contributed by atoms with van der Waals surface area (Å²) in [5.41, 5.74) is 2.38. The van der Waals surface area contributed by atoms with E-state index in [-0.39, 0.29) is 0 Å². The first-order valence-corrected chi connectivity index (χ1v) is 7.26. The van der Waals surface area contributed by atoms with E-state index in [0.29, 0.717) is 11.0 Å². The quantitative estimate of drug-likeness (QED) is 0.772. The minimum atomic E-state index is 0.452. The van der Waals surface area contributed by atoms with Crippen molar-refractivity contribution in [1.82, 2.24) is 0 Å². The second-order valence-corrected chi connectivity index (χ2v) is 6.64. The maximum Gasteiger partial charge on any atom is 0.0992 e. The highest BCUT2D eigenvalue weighted by atomic mass is 79.9. The lowest BCUT2D eigenvalue weighted by Crippen LogP contribution is -2.25. The Hall–Kier alpha value is -1.01. The summed E-state index contributed by atoms with van der Waals surface area (Å²) < 4.78 is 1.03. The summed E-state index contributed by atoms with van der Waals surface area (Å²) >= 11 is 3.58. The molecule has 2 nitrogen and oxygen atoms in total. The van der Waals surface area contributed by atoms with Crippen molar-refractivity contribution in [2.24, 2.45) is 5.41 Å². The second-order valence-electron chi connectivity index (χ2n) is 5.78. The van der Waals surface area contributed by atoms with Crippen LogP contribution in [0.1, 0.15) is 38.7 Å². The average Bonchev–Trinajstić information content (AvgIpc) is 2.50. The van der Waals surface area contributed by atoms with Crippen LogP contribution < -0.4 is 4.90 Å². The first kappa shape index (κ1) is 13.4. The van der Waals surface area contributed by atoms with E-state index in [1.54, 1.807) is 0 Å². The van der Waals surface area contributed by atoms with Crippen molar-refractivity contribution in [3.63, 3.8) is 0 Å². The zero-order valence-corrected chi connectivity index (χ0v) is 12.6. The lowest BCUT2D eigenvalue weighted by atomic mass is 9.85. The fourth-order valence-electron chi connectivity index (χ4n) is 2.50. The normalized spacial score (nSPS) is 19.1. The highest BCUT2D eigenvalue weighted by Gasteiger charge is 2.23. The van der Waals surface area contributed by atoms with Gasteiger partial charge in [0.2, 0.25) is 0 Å². The topological polar surface area (TPSA) is 27.0 Å². The van der Waals surface area contributed by atoms with Gasteiger partial charge in [-0.3, -0.25) is 0 Å². The molecule has 2 rings (SSSR count). The van der Waals surface area contributed by atoms with E-state index in [9.17, 15) is 0 Å². The number of nitrogens with zero attached hydrogens (tertiary/aromatic N) is 2. The SMILES string of the molecule is CC1(C)CCCN(c2ccc(C#N)cc2Br)CC1. The zero-order valence-electron chi connectivity index (χ0n) is 11.0. The minimum absolute atomic E-state index is 0.452. The lowest BCUT2D eigenvalue weighted by Gasteiger charge is -2.25. The van der Waals surface area contributed by atoms with Crippen molar-refractivity contribution in [3.05, 3.63) is 28.2 Å². The number of hydrogen-bond donors (Lipinski definition) is 0. The van der Waals surface area contributed by atoms with Crippen LogP contribution in [0.4, 0.5) is 5.69 Å². The Bertz CT molecular complexity index is 474. The van der Waals surface area contributed by atoms with Gasteiger partial charge in [-0.2, -0.15) is 5.26 Å². The Labute approximate surface area is 118 Å². The van der Waals surface area contributed by atoms with Crippen LogP contribution in [0.5, 0.6) is 0 Å². The zero-order chi connectivity index (χ0) is 13.2. The van der Waals surface area contributed by atoms with Gasteiger partial charge in [-0.1, -0.05) is 13.8 Å². The predicted octanol–water partition coefficient (Wildman–Crippen LogP) is 4.34. The van der Waals surface area contributed by atoms with Crippen molar-refractivity contribution in [3.8, 4) is 6.07 Å². The largest absolute Gasteiger partial charge is 0.371 e. The molecule has 0 radical (unpaired) electrons. The molecule has 1 fully saturated rings. The van der Waals surface area contributed by atoms with Gasteiger partial charge in [0.15, 0.2) is 0 Å². The molecule has 0 aromatic heterocycles. The van der Waals surface area contributed by atoms with Gasteiger partial charge in [-0.15, -0.1) is 0 Å². The van der Waals surface area contributed by atoms with E-state index < -0.39 is 0 Å². The number of nitriles is 1. The van der Waals surface area contributed by atoms with E-state index in [4.69, 9.17) is 5.26 Å². The van der Waals surface area contributed by atoms with Gasteiger partial charge in [-0.25, -0.2) is 0 Å². The first-order valence-electron chi connectivity index (χ1n) is 6.46. The highest BCUT2D eigenvalue weighted by Crippen LogP contribution is 2.34. The van der Waals surface area contributed by atoms with E-state index in [1.165, 1.54) is 24.9 Å². The Balaban J connectivity index is 2.19.